The Kier molecular flexibility index (Phi) is 6.40. The maximum absolute atomic E-state index is 13.4. The van der Waals surface area contributed by atoms with E-state index in [1.54, 1.807) is 6.92 Å². The first-order valence-electron chi connectivity index (χ1n) is 11.8. The van der Waals surface area contributed by atoms with E-state index in [1.807, 2.05) is 12.1 Å². The lowest BCUT2D eigenvalue weighted by Gasteiger charge is -2.34. The SMILES string of the molecule is CCOc1cc(C2CC(=O)NC3=C2C(=O)CC(c2ccc(C(C)(C)C)cc2)C3)cc([N+](=O)[O-])c1O. The van der Waals surface area contributed by atoms with Gasteiger partial charge in [0.15, 0.2) is 11.5 Å². The molecule has 0 bridgehead atoms. The number of amides is 1. The van der Waals surface area contributed by atoms with Crippen molar-refractivity contribution in [2.45, 2.75) is 64.2 Å². The molecule has 8 heteroatoms. The highest BCUT2D eigenvalue weighted by Gasteiger charge is 2.39. The summed E-state index contributed by atoms with van der Waals surface area (Å²) in [5.41, 5.74) is 3.20. The molecule has 2 N–H and O–H groups in total. The number of nitro benzene ring substituents is 1. The molecule has 0 spiro atoms. The van der Waals surface area contributed by atoms with Crippen molar-refractivity contribution >= 4 is 17.4 Å². The third-order valence-corrected chi connectivity index (χ3v) is 6.76. The Morgan fingerprint density at radius 1 is 1.09 bits per heavy atom. The lowest BCUT2D eigenvalue weighted by Crippen LogP contribution is -2.38. The molecule has 2 aromatic carbocycles. The van der Waals surface area contributed by atoms with E-state index >= 15 is 0 Å². The zero-order chi connectivity index (χ0) is 25.5. The van der Waals surface area contributed by atoms with E-state index in [4.69, 9.17) is 4.74 Å². The van der Waals surface area contributed by atoms with Gasteiger partial charge in [-0.3, -0.25) is 19.7 Å². The Hall–Kier alpha value is -3.68. The zero-order valence-electron chi connectivity index (χ0n) is 20.4. The van der Waals surface area contributed by atoms with E-state index in [1.165, 1.54) is 17.7 Å². The number of nitrogens with one attached hydrogen (secondary N) is 1. The molecule has 1 aliphatic carbocycles. The second-order valence-electron chi connectivity index (χ2n) is 10.2. The maximum atomic E-state index is 13.4. The van der Waals surface area contributed by atoms with Crippen molar-refractivity contribution < 1.29 is 24.4 Å². The minimum atomic E-state index is -0.695. The van der Waals surface area contributed by atoms with Crippen LogP contribution in [0.4, 0.5) is 5.69 Å². The molecule has 2 aliphatic rings. The molecule has 4 rings (SSSR count). The van der Waals surface area contributed by atoms with Crippen molar-refractivity contribution in [3.05, 3.63) is 74.5 Å². The van der Waals surface area contributed by atoms with Crippen LogP contribution in [0.5, 0.6) is 11.5 Å². The lowest BCUT2D eigenvalue weighted by molar-refractivity contribution is -0.386. The van der Waals surface area contributed by atoms with Crippen LogP contribution >= 0.6 is 0 Å². The Morgan fingerprint density at radius 2 is 1.77 bits per heavy atom. The standard InChI is InChI=1S/C27H30N2O6/c1-5-35-23-13-17(11-21(26(23)32)29(33)34)19-14-24(31)28-20-10-16(12-22(30)25(19)20)15-6-8-18(9-7-15)27(2,3)4/h6-9,11,13,16,19,32H,5,10,12,14H2,1-4H3,(H,28,31). The van der Waals surface area contributed by atoms with E-state index in [9.17, 15) is 24.8 Å². The molecule has 1 aliphatic heterocycles. The first kappa shape index (κ1) is 24.4. The molecule has 0 fully saturated rings. The van der Waals surface area contributed by atoms with Crippen LogP contribution in [0.2, 0.25) is 0 Å². The number of nitrogens with zero attached hydrogens (tertiary/aromatic N) is 1. The van der Waals surface area contributed by atoms with Crippen molar-refractivity contribution in [2.75, 3.05) is 6.61 Å². The van der Waals surface area contributed by atoms with Gasteiger partial charge in [0.25, 0.3) is 0 Å². The van der Waals surface area contributed by atoms with Gasteiger partial charge in [0, 0.05) is 36.1 Å². The summed E-state index contributed by atoms with van der Waals surface area (Å²) in [5.74, 6) is -1.65. The molecule has 8 nitrogen and oxygen atoms in total. The van der Waals surface area contributed by atoms with Gasteiger partial charge in [-0.25, -0.2) is 0 Å². The van der Waals surface area contributed by atoms with Crippen LogP contribution in [-0.2, 0) is 15.0 Å². The maximum Gasteiger partial charge on any atom is 0.314 e. The van der Waals surface area contributed by atoms with Gasteiger partial charge in [0.1, 0.15) is 0 Å². The average molecular weight is 479 g/mol. The van der Waals surface area contributed by atoms with Gasteiger partial charge in [-0.1, -0.05) is 45.0 Å². The second kappa shape index (κ2) is 9.17. The van der Waals surface area contributed by atoms with Crippen LogP contribution in [-0.4, -0.2) is 28.3 Å². The fourth-order valence-corrected chi connectivity index (χ4v) is 4.96. The van der Waals surface area contributed by atoms with Gasteiger partial charge >= 0.3 is 5.69 Å². The topological polar surface area (TPSA) is 119 Å². The molecule has 0 aromatic heterocycles. The predicted molar refractivity (Wildman–Crippen MR) is 131 cm³/mol. The monoisotopic (exact) mass is 478 g/mol. The summed E-state index contributed by atoms with van der Waals surface area (Å²) in [5, 5.41) is 24.7. The molecular formula is C27H30N2O6. The van der Waals surface area contributed by atoms with Crippen molar-refractivity contribution in [2.24, 2.45) is 0 Å². The summed E-state index contributed by atoms with van der Waals surface area (Å²) in [6.45, 7) is 8.33. The number of benzene rings is 2. The Bertz CT molecular complexity index is 1220. The number of ether oxygens (including phenoxy) is 1. The molecule has 0 saturated carbocycles. The quantitative estimate of drug-likeness (QED) is 0.461. The number of hydrogen-bond donors (Lipinski definition) is 2. The minimum absolute atomic E-state index is 0.0109. The van der Waals surface area contributed by atoms with Crippen molar-refractivity contribution in [1.29, 1.82) is 0 Å². The molecule has 1 heterocycles. The number of hydrogen-bond acceptors (Lipinski definition) is 6. The van der Waals surface area contributed by atoms with Crippen molar-refractivity contribution in [3.63, 3.8) is 0 Å². The molecule has 1 amide bonds. The summed E-state index contributed by atoms with van der Waals surface area (Å²) >= 11 is 0. The molecular weight excluding hydrogens is 448 g/mol. The van der Waals surface area contributed by atoms with E-state index < -0.39 is 22.3 Å². The lowest BCUT2D eigenvalue weighted by atomic mass is 9.73. The van der Waals surface area contributed by atoms with Gasteiger partial charge in [0.05, 0.1) is 11.5 Å². The van der Waals surface area contributed by atoms with Gasteiger partial charge in [-0.15, -0.1) is 0 Å². The predicted octanol–water partition coefficient (Wildman–Crippen LogP) is 5.00. The van der Waals surface area contributed by atoms with Gasteiger partial charge in [-0.2, -0.15) is 0 Å². The highest BCUT2D eigenvalue weighted by atomic mass is 16.6. The van der Waals surface area contributed by atoms with E-state index in [2.05, 4.69) is 38.2 Å². The molecule has 2 unspecified atom stereocenters. The third-order valence-electron chi connectivity index (χ3n) is 6.76. The second-order valence-corrected chi connectivity index (χ2v) is 10.2. The third kappa shape index (κ3) is 4.78. The largest absolute Gasteiger partial charge is 0.500 e. The van der Waals surface area contributed by atoms with Crippen molar-refractivity contribution in [1.82, 2.24) is 5.32 Å². The number of rotatable bonds is 5. The molecule has 0 saturated heterocycles. The summed E-state index contributed by atoms with van der Waals surface area (Å²) in [6.07, 6.45) is 0.776. The molecule has 35 heavy (non-hydrogen) atoms. The van der Waals surface area contributed by atoms with Gasteiger partial charge in [-0.05, 0) is 47.4 Å². The summed E-state index contributed by atoms with van der Waals surface area (Å²) < 4.78 is 5.40. The number of nitro groups is 1. The average Bonchev–Trinajstić information content (AvgIpc) is 2.79. The molecule has 184 valence electrons. The van der Waals surface area contributed by atoms with Crippen LogP contribution in [0.15, 0.2) is 47.7 Å². The van der Waals surface area contributed by atoms with E-state index in [0.717, 1.165) is 5.56 Å². The number of phenolic OH excluding ortho intramolecular Hbond substituents is 1. The van der Waals surface area contributed by atoms with Gasteiger partial charge < -0.3 is 15.2 Å². The smallest absolute Gasteiger partial charge is 0.314 e. The summed E-state index contributed by atoms with van der Waals surface area (Å²) in [4.78, 5) is 36.9. The van der Waals surface area contributed by atoms with E-state index in [0.29, 0.717) is 29.7 Å². The first-order chi connectivity index (χ1) is 16.5. The molecule has 2 atom stereocenters. The highest BCUT2D eigenvalue weighted by molar-refractivity contribution is 6.02. The fraction of sp³-hybridized carbons (Fsp3) is 0.407. The fourth-order valence-electron chi connectivity index (χ4n) is 4.96. The minimum Gasteiger partial charge on any atom is -0.500 e. The molecule has 2 aromatic rings. The van der Waals surface area contributed by atoms with E-state index in [-0.39, 0.29) is 41.8 Å². The number of allylic oxidation sites excluding steroid dienone is 2. The van der Waals surface area contributed by atoms with Crippen molar-refractivity contribution in [3.8, 4) is 11.5 Å². The summed E-state index contributed by atoms with van der Waals surface area (Å²) in [7, 11) is 0. The Balaban J connectivity index is 1.72. The Morgan fingerprint density at radius 3 is 2.37 bits per heavy atom. The van der Waals surface area contributed by atoms with Gasteiger partial charge in [0.2, 0.25) is 11.7 Å². The number of carbonyl (C=O) groups excluding carboxylic acids is 2. The number of carbonyl (C=O) groups is 2. The highest BCUT2D eigenvalue weighted by Crippen LogP contribution is 2.46. The molecule has 0 radical (unpaired) electrons. The first-order valence-corrected chi connectivity index (χ1v) is 11.8. The number of ketones is 1. The zero-order valence-corrected chi connectivity index (χ0v) is 20.4. The van der Waals surface area contributed by atoms with Crippen LogP contribution in [0.25, 0.3) is 0 Å². The summed E-state index contributed by atoms with van der Waals surface area (Å²) in [6, 6.07) is 11.0. The van der Waals surface area contributed by atoms with Crippen LogP contribution in [0, 0.1) is 10.1 Å². The number of phenols is 1. The van der Waals surface area contributed by atoms with Crippen LogP contribution in [0.3, 0.4) is 0 Å². The normalized spacial score (nSPS) is 20.3. The number of aromatic hydroxyl groups is 1. The van der Waals surface area contributed by atoms with Crippen LogP contribution in [0.1, 0.15) is 75.5 Å². The van der Waals surface area contributed by atoms with Crippen LogP contribution < -0.4 is 10.1 Å². The number of Topliss-reactive ketones (excluding diaryl/α,β-unsaturated/α-hetero) is 1. The Labute approximate surface area is 204 Å².